The van der Waals surface area contributed by atoms with Crippen LogP contribution in [0.1, 0.15) is 18.1 Å². The molecule has 8 nitrogen and oxygen atoms in total. The zero-order valence-corrected chi connectivity index (χ0v) is 18.2. The van der Waals surface area contributed by atoms with Gasteiger partial charge in [-0.05, 0) is 42.3 Å². The van der Waals surface area contributed by atoms with E-state index in [2.05, 4.69) is 5.32 Å². The number of nitriles is 1. The second-order valence-electron chi connectivity index (χ2n) is 6.96. The van der Waals surface area contributed by atoms with Gasteiger partial charge in [0.15, 0.2) is 11.5 Å². The molecule has 0 aliphatic rings. The van der Waals surface area contributed by atoms with Crippen LogP contribution in [0.2, 0.25) is 0 Å². The molecule has 0 saturated heterocycles. The fraction of sp³-hybridized carbons (Fsp3) is 0.120. The minimum Gasteiger partial charge on any atom is -0.490 e. The Morgan fingerprint density at radius 1 is 1.12 bits per heavy atom. The van der Waals surface area contributed by atoms with Gasteiger partial charge in [-0.1, -0.05) is 36.4 Å². The van der Waals surface area contributed by atoms with Gasteiger partial charge in [-0.3, -0.25) is 14.9 Å². The summed E-state index contributed by atoms with van der Waals surface area (Å²) >= 11 is 0. The van der Waals surface area contributed by atoms with Crippen LogP contribution in [0.3, 0.4) is 0 Å². The number of rotatable bonds is 9. The summed E-state index contributed by atoms with van der Waals surface area (Å²) in [5.41, 5.74) is 0.324. The van der Waals surface area contributed by atoms with Gasteiger partial charge < -0.3 is 14.8 Å². The molecule has 1 N–H and O–H groups in total. The Kier molecular flexibility index (Phi) is 7.92. The molecule has 0 heterocycles. The van der Waals surface area contributed by atoms with Crippen LogP contribution < -0.4 is 14.8 Å². The van der Waals surface area contributed by atoms with Crippen LogP contribution in [0.5, 0.6) is 11.5 Å². The second kappa shape index (κ2) is 11.2. The number of carbonyl (C=O) groups excluding carboxylic acids is 1. The maximum Gasteiger partial charge on any atom is 0.271 e. The van der Waals surface area contributed by atoms with Gasteiger partial charge in [-0.2, -0.15) is 5.26 Å². The first-order valence-electron chi connectivity index (χ1n) is 10.2. The molecule has 0 unspecified atom stereocenters. The first kappa shape index (κ1) is 23.9. The van der Waals surface area contributed by atoms with E-state index < -0.39 is 28.0 Å². The summed E-state index contributed by atoms with van der Waals surface area (Å²) in [5.74, 6) is -0.863. The molecule has 3 aromatic carbocycles. The minimum atomic E-state index is -0.913. The van der Waals surface area contributed by atoms with Gasteiger partial charge in [-0.15, -0.1) is 0 Å². The van der Waals surface area contributed by atoms with Crippen LogP contribution in [0.15, 0.2) is 72.3 Å². The topological polar surface area (TPSA) is 114 Å². The number of benzene rings is 3. The Balaban J connectivity index is 1.81. The van der Waals surface area contributed by atoms with Gasteiger partial charge in [0, 0.05) is 12.1 Å². The van der Waals surface area contributed by atoms with Crippen molar-refractivity contribution in [2.45, 2.75) is 13.5 Å². The predicted octanol–water partition coefficient (Wildman–Crippen LogP) is 5.26. The zero-order chi connectivity index (χ0) is 24.5. The van der Waals surface area contributed by atoms with Crippen molar-refractivity contribution in [3.05, 3.63) is 99.4 Å². The molecule has 3 aromatic rings. The lowest BCUT2D eigenvalue weighted by Gasteiger charge is -2.13. The van der Waals surface area contributed by atoms with E-state index in [9.17, 15) is 24.6 Å². The molecule has 0 bridgehead atoms. The number of hydrogen-bond donors (Lipinski definition) is 1. The summed E-state index contributed by atoms with van der Waals surface area (Å²) < 4.78 is 25.5. The molecule has 9 heteroatoms. The molecule has 0 saturated carbocycles. The van der Waals surface area contributed by atoms with Crippen LogP contribution in [0.4, 0.5) is 15.8 Å². The molecule has 1 amide bonds. The largest absolute Gasteiger partial charge is 0.490 e. The summed E-state index contributed by atoms with van der Waals surface area (Å²) in [7, 11) is 0. The maximum absolute atomic E-state index is 14.0. The Hall–Kier alpha value is -4.71. The molecular formula is C25H20FN3O5. The number of non-ortho nitro benzene ring substituents is 1. The molecule has 0 fully saturated rings. The van der Waals surface area contributed by atoms with Gasteiger partial charge in [-0.25, -0.2) is 4.39 Å². The van der Waals surface area contributed by atoms with E-state index in [1.807, 2.05) is 37.3 Å². The molecule has 0 aliphatic heterocycles. The molecule has 34 heavy (non-hydrogen) atoms. The highest BCUT2D eigenvalue weighted by molar-refractivity contribution is 6.09. The van der Waals surface area contributed by atoms with Crippen LogP contribution >= 0.6 is 0 Å². The van der Waals surface area contributed by atoms with E-state index in [4.69, 9.17) is 9.47 Å². The SMILES string of the molecule is CCOc1cc(/C=C(/C#N)C(=O)Nc2cc([N+](=O)[O-])ccc2F)ccc1OCc1ccccc1. The average molecular weight is 461 g/mol. The summed E-state index contributed by atoms with van der Waals surface area (Å²) in [6.45, 7) is 2.51. The lowest BCUT2D eigenvalue weighted by molar-refractivity contribution is -0.384. The summed E-state index contributed by atoms with van der Waals surface area (Å²) in [6, 6.07) is 19.0. The lowest BCUT2D eigenvalue weighted by atomic mass is 10.1. The summed E-state index contributed by atoms with van der Waals surface area (Å²) in [4.78, 5) is 22.7. The van der Waals surface area contributed by atoms with Crippen molar-refractivity contribution in [1.29, 1.82) is 5.26 Å². The monoisotopic (exact) mass is 461 g/mol. The smallest absolute Gasteiger partial charge is 0.271 e. The standard InChI is InChI=1S/C25H20FN3O5/c1-2-33-24-13-18(8-11-23(24)34-16-17-6-4-3-5-7-17)12-19(15-27)25(30)28-22-14-20(29(31)32)9-10-21(22)26/h3-14H,2,16H2,1H3,(H,28,30)/b19-12-. The van der Waals surface area contributed by atoms with E-state index in [-0.39, 0.29) is 5.57 Å². The molecular weight excluding hydrogens is 441 g/mol. The van der Waals surface area contributed by atoms with Crippen LogP contribution in [0.25, 0.3) is 6.08 Å². The van der Waals surface area contributed by atoms with Crippen LogP contribution in [0, 0.1) is 27.3 Å². The average Bonchev–Trinajstić information content (AvgIpc) is 2.84. The normalized spacial score (nSPS) is 10.8. The quantitative estimate of drug-likeness (QED) is 0.201. The third kappa shape index (κ3) is 6.17. The fourth-order valence-corrected chi connectivity index (χ4v) is 2.96. The number of nitrogens with one attached hydrogen (secondary N) is 1. The molecule has 0 aromatic heterocycles. The molecule has 3 rings (SSSR count). The van der Waals surface area contributed by atoms with E-state index in [1.165, 1.54) is 6.08 Å². The van der Waals surface area contributed by atoms with Gasteiger partial charge >= 0.3 is 0 Å². The number of ether oxygens (including phenoxy) is 2. The Morgan fingerprint density at radius 3 is 2.56 bits per heavy atom. The highest BCUT2D eigenvalue weighted by Gasteiger charge is 2.16. The van der Waals surface area contributed by atoms with Crippen molar-refractivity contribution in [3.8, 4) is 17.6 Å². The number of nitro groups is 1. The zero-order valence-electron chi connectivity index (χ0n) is 18.2. The van der Waals surface area contributed by atoms with Crippen molar-refractivity contribution in [2.75, 3.05) is 11.9 Å². The number of nitrogens with zero attached hydrogens (tertiary/aromatic N) is 2. The highest BCUT2D eigenvalue weighted by Crippen LogP contribution is 2.30. The number of anilines is 1. The summed E-state index contributed by atoms with van der Waals surface area (Å²) in [5, 5.41) is 22.6. The van der Waals surface area contributed by atoms with E-state index in [1.54, 1.807) is 24.3 Å². The first-order chi connectivity index (χ1) is 16.4. The number of carbonyl (C=O) groups is 1. The molecule has 0 spiro atoms. The van der Waals surface area contributed by atoms with Crippen molar-refractivity contribution in [3.63, 3.8) is 0 Å². The second-order valence-corrected chi connectivity index (χ2v) is 6.96. The Bertz CT molecular complexity index is 1270. The lowest BCUT2D eigenvalue weighted by Crippen LogP contribution is -2.14. The van der Waals surface area contributed by atoms with Crippen molar-refractivity contribution in [1.82, 2.24) is 0 Å². The van der Waals surface area contributed by atoms with E-state index in [0.717, 1.165) is 23.8 Å². The third-order valence-corrected chi connectivity index (χ3v) is 4.59. The van der Waals surface area contributed by atoms with Crippen LogP contribution in [-0.4, -0.2) is 17.4 Å². The predicted molar refractivity (Wildman–Crippen MR) is 124 cm³/mol. The van der Waals surface area contributed by atoms with Gasteiger partial charge in [0.1, 0.15) is 24.1 Å². The number of amides is 1. The van der Waals surface area contributed by atoms with Crippen molar-refractivity contribution in [2.24, 2.45) is 0 Å². The van der Waals surface area contributed by atoms with Gasteiger partial charge in [0.2, 0.25) is 0 Å². The fourth-order valence-electron chi connectivity index (χ4n) is 2.96. The van der Waals surface area contributed by atoms with E-state index in [0.29, 0.717) is 30.3 Å². The summed E-state index contributed by atoms with van der Waals surface area (Å²) in [6.07, 6.45) is 1.30. The molecule has 0 aliphatic carbocycles. The molecule has 172 valence electrons. The van der Waals surface area contributed by atoms with Gasteiger partial charge in [0.25, 0.3) is 11.6 Å². The third-order valence-electron chi connectivity index (χ3n) is 4.59. The Morgan fingerprint density at radius 2 is 1.88 bits per heavy atom. The number of nitro benzene ring substituents is 1. The minimum absolute atomic E-state index is 0.327. The van der Waals surface area contributed by atoms with Crippen LogP contribution in [-0.2, 0) is 11.4 Å². The van der Waals surface area contributed by atoms with Crippen molar-refractivity contribution < 1.29 is 23.6 Å². The number of hydrogen-bond acceptors (Lipinski definition) is 6. The molecule has 0 radical (unpaired) electrons. The highest BCUT2D eigenvalue weighted by atomic mass is 19.1. The maximum atomic E-state index is 14.0. The van der Waals surface area contributed by atoms with E-state index >= 15 is 0 Å². The number of halogens is 1. The van der Waals surface area contributed by atoms with Gasteiger partial charge in [0.05, 0.1) is 17.2 Å². The first-order valence-corrected chi connectivity index (χ1v) is 10.2. The Labute approximate surface area is 195 Å². The van der Waals surface area contributed by atoms with Crippen molar-refractivity contribution >= 4 is 23.4 Å². The molecule has 0 atom stereocenters.